The molecule has 3 aromatic rings. The SMILES string of the molecule is CCNC(=O)C(C#N)=c1sc(=CNc2cccc(NC(=O)CN3CCC(O)(c4ccccc4)CC3)c2)c(=O)n1CC. The van der Waals surface area contributed by atoms with Gasteiger partial charge in [-0.2, -0.15) is 5.26 Å². The molecule has 41 heavy (non-hydrogen) atoms. The first-order valence-electron chi connectivity index (χ1n) is 13.6. The van der Waals surface area contributed by atoms with Crippen LogP contribution in [-0.2, 0) is 21.7 Å². The van der Waals surface area contributed by atoms with Gasteiger partial charge in [0.05, 0.1) is 12.1 Å². The van der Waals surface area contributed by atoms with E-state index in [0.29, 0.717) is 59.6 Å². The molecule has 0 unspecified atom stereocenters. The van der Waals surface area contributed by atoms with Crippen LogP contribution in [0.25, 0.3) is 11.8 Å². The number of likely N-dealkylation sites (tertiary alicyclic amines) is 1. The second kappa shape index (κ2) is 13.4. The minimum Gasteiger partial charge on any atom is -0.385 e. The second-order valence-corrected chi connectivity index (χ2v) is 10.8. The maximum Gasteiger partial charge on any atom is 0.270 e. The zero-order valence-electron chi connectivity index (χ0n) is 23.1. The summed E-state index contributed by atoms with van der Waals surface area (Å²) in [6.45, 7) is 5.65. The maximum absolute atomic E-state index is 12.9. The number of benzene rings is 2. The van der Waals surface area contributed by atoms with Crippen LogP contribution in [0.5, 0.6) is 0 Å². The number of aromatic nitrogens is 1. The van der Waals surface area contributed by atoms with Crippen molar-refractivity contribution in [1.29, 1.82) is 5.26 Å². The fourth-order valence-electron chi connectivity index (χ4n) is 4.79. The summed E-state index contributed by atoms with van der Waals surface area (Å²) >= 11 is 1.07. The molecule has 1 aromatic heterocycles. The molecule has 2 amide bonds. The normalized spacial score (nSPS) is 16.0. The summed E-state index contributed by atoms with van der Waals surface area (Å²) in [5.41, 5.74) is 0.883. The van der Waals surface area contributed by atoms with Crippen LogP contribution in [0, 0.1) is 11.3 Å². The first-order valence-corrected chi connectivity index (χ1v) is 14.4. The van der Waals surface area contributed by atoms with Crippen LogP contribution >= 0.6 is 11.3 Å². The number of anilines is 2. The van der Waals surface area contributed by atoms with Gasteiger partial charge < -0.3 is 21.1 Å². The molecule has 10 nitrogen and oxygen atoms in total. The molecule has 4 N–H and O–H groups in total. The van der Waals surface area contributed by atoms with E-state index in [1.807, 2.05) is 41.3 Å². The summed E-state index contributed by atoms with van der Waals surface area (Å²) in [6, 6.07) is 18.7. The van der Waals surface area contributed by atoms with Crippen LogP contribution < -0.4 is 30.7 Å². The van der Waals surface area contributed by atoms with Gasteiger partial charge in [0.25, 0.3) is 11.5 Å². The van der Waals surface area contributed by atoms with Gasteiger partial charge in [-0.3, -0.25) is 23.9 Å². The van der Waals surface area contributed by atoms with E-state index in [9.17, 15) is 24.8 Å². The highest BCUT2D eigenvalue weighted by molar-refractivity contribution is 7.07. The molecule has 0 aliphatic carbocycles. The molecule has 1 aliphatic heterocycles. The topological polar surface area (TPSA) is 139 Å². The van der Waals surface area contributed by atoms with Crippen LogP contribution in [0.3, 0.4) is 0 Å². The van der Waals surface area contributed by atoms with E-state index in [0.717, 1.165) is 16.9 Å². The molecule has 11 heteroatoms. The third-order valence-corrected chi connectivity index (χ3v) is 8.12. The fraction of sp³-hybridized carbons (Fsp3) is 0.333. The molecule has 214 valence electrons. The lowest BCUT2D eigenvalue weighted by Gasteiger charge is -2.38. The van der Waals surface area contributed by atoms with Crippen molar-refractivity contribution in [1.82, 2.24) is 14.8 Å². The van der Waals surface area contributed by atoms with Gasteiger partial charge in [-0.25, -0.2) is 0 Å². The van der Waals surface area contributed by atoms with Crippen molar-refractivity contribution >= 4 is 46.3 Å². The molecule has 2 aromatic carbocycles. The third kappa shape index (κ3) is 7.10. The Morgan fingerprint density at radius 1 is 1.10 bits per heavy atom. The van der Waals surface area contributed by atoms with Gasteiger partial charge in [-0.15, -0.1) is 11.3 Å². The van der Waals surface area contributed by atoms with Gasteiger partial charge in [0.1, 0.15) is 15.3 Å². The van der Waals surface area contributed by atoms with Gasteiger partial charge in [-0.05, 0) is 50.5 Å². The van der Waals surface area contributed by atoms with E-state index in [2.05, 4.69) is 16.0 Å². The summed E-state index contributed by atoms with van der Waals surface area (Å²) in [5, 5.41) is 29.2. The average molecular weight is 575 g/mol. The van der Waals surface area contributed by atoms with Crippen molar-refractivity contribution in [2.45, 2.75) is 38.8 Å². The van der Waals surface area contributed by atoms with E-state index in [-0.39, 0.29) is 23.6 Å². The average Bonchev–Trinajstić information content (AvgIpc) is 3.29. The lowest BCUT2D eigenvalue weighted by atomic mass is 9.84. The van der Waals surface area contributed by atoms with Crippen molar-refractivity contribution in [3.05, 3.63) is 79.7 Å². The second-order valence-electron chi connectivity index (χ2n) is 9.76. The van der Waals surface area contributed by atoms with Crippen molar-refractivity contribution in [2.24, 2.45) is 0 Å². The Bertz CT molecular complexity index is 1610. The van der Waals surface area contributed by atoms with Crippen LogP contribution in [0.1, 0.15) is 32.3 Å². The molecular weight excluding hydrogens is 540 g/mol. The van der Waals surface area contributed by atoms with Gasteiger partial charge in [-0.1, -0.05) is 36.4 Å². The van der Waals surface area contributed by atoms with Crippen LogP contribution in [0.4, 0.5) is 11.4 Å². The number of piperidine rings is 1. The maximum atomic E-state index is 12.9. The Morgan fingerprint density at radius 3 is 2.46 bits per heavy atom. The van der Waals surface area contributed by atoms with E-state index in [4.69, 9.17) is 0 Å². The Kier molecular flexibility index (Phi) is 9.73. The van der Waals surface area contributed by atoms with E-state index in [1.165, 1.54) is 10.8 Å². The van der Waals surface area contributed by atoms with Gasteiger partial charge in [0, 0.05) is 43.8 Å². The number of hydrogen-bond donors (Lipinski definition) is 4. The number of rotatable bonds is 9. The lowest BCUT2D eigenvalue weighted by molar-refractivity contribution is -0.118. The van der Waals surface area contributed by atoms with Crippen LogP contribution in [0.15, 0.2) is 59.4 Å². The number of nitriles is 1. The number of aliphatic hydroxyl groups is 1. The minimum absolute atomic E-state index is 0.0985. The summed E-state index contributed by atoms with van der Waals surface area (Å²) in [6.07, 6.45) is 2.65. The fourth-order valence-corrected chi connectivity index (χ4v) is 5.88. The van der Waals surface area contributed by atoms with Crippen molar-refractivity contribution in [2.75, 3.05) is 36.8 Å². The number of thiazole rings is 1. The minimum atomic E-state index is -0.870. The number of nitrogens with one attached hydrogen (secondary N) is 3. The first-order chi connectivity index (χ1) is 19.8. The Labute approximate surface area is 242 Å². The van der Waals surface area contributed by atoms with E-state index >= 15 is 0 Å². The van der Waals surface area contributed by atoms with E-state index in [1.54, 1.807) is 38.1 Å². The van der Waals surface area contributed by atoms with Gasteiger partial charge in [0.2, 0.25) is 5.91 Å². The number of hydrogen-bond acceptors (Lipinski definition) is 8. The molecule has 1 fully saturated rings. The largest absolute Gasteiger partial charge is 0.385 e. The standard InChI is InChI=1S/C30H34N6O4S/c1-3-32-27(38)24(18-31)29-36(4-2)28(39)25(41-29)19-33-22-11-8-12-23(17-22)34-26(37)20-35-15-13-30(40,14-16-35)21-9-6-5-7-10-21/h5-12,17,19,33,40H,3-4,13-16,20H2,1-2H3,(H,32,38)(H,34,37). The smallest absolute Gasteiger partial charge is 0.270 e. The molecule has 0 atom stereocenters. The molecule has 0 radical (unpaired) electrons. The zero-order valence-corrected chi connectivity index (χ0v) is 24.0. The predicted molar refractivity (Wildman–Crippen MR) is 160 cm³/mol. The summed E-state index contributed by atoms with van der Waals surface area (Å²) < 4.78 is 2.05. The van der Waals surface area contributed by atoms with Gasteiger partial charge >= 0.3 is 0 Å². The number of amides is 2. The lowest BCUT2D eigenvalue weighted by Crippen LogP contribution is -2.45. The Balaban J connectivity index is 1.41. The molecule has 0 bridgehead atoms. The van der Waals surface area contributed by atoms with Crippen molar-refractivity contribution < 1.29 is 14.7 Å². The highest BCUT2D eigenvalue weighted by Gasteiger charge is 2.34. The molecular formula is C30H34N6O4S. The summed E-state index contributed by atoms with van der Waals surface area (Å²) in [5.74, 6) is -0.673. The van der Waals surface area contributed by atoms with Gasteiger partial charge in [0.15, 0.2) is 5.57 Å². The number of nitrogens with zero attached hydrogens (tertiary/aromatic N) is 3. The molecule has 0 spiro atoms. The highest BCUT2D eigenvalue weighted by atomic mass is 32.1. The first kappa shape index (κ1) is 29.7. The monoisotopic (exact) mass is 574 g/mol. The molecule has 1 aliphatic rings. The van der Waals surface area contributed by atoms with Crippen molar-refractivity contribution in [3.8, 4) is 6.07 Å². The summed E-state index contributed by atoms with van der Waals surface area (Å²) in [7, 11) is 0. The molecule has 2 heterocycles. The zero-order chi connectivity index (χ0) is 29.4. The van der Waals surface area contributed by atoms with E-state index < -0.39 is 11.5 Å². The predicted octanol–water partition coefficient (Wildman–Crippen LogP) is 1.51. The third-order valence-electron chi connectivity index (χ3n) is 6.99. The Morgan fingerprint density at radius 2 is 1.80 bits per heavy atom. The van der Waals surface area contributed by atoms with Crippen molar-refractivity contribution in [3.63, 3.8) is 0 Å². The highest BCUT2D eigenvalue weighted by Crippen LogP contribution is 2.32. The summed E-state index contributed by atoms with van der Waals surface area (Å²) in [4.78, 5) is 40.1. The number of carbonyl (C=O) groups excluding carboxylic acids is 2. The molecule has 4 rings (SSSR count). The molecule has 0 saturated carbocycles. The Hall–Kier alpha value is -4.24. The molecule has 1 saturated heterocycles. The van der Waals surface area contributed by atoms with Crippen LogP contribution in [0.2, 0.25) is 0 Å². The number of carbonyl (C=O) groups is 2. The quantitative estimate of drug-likeness (QED) is 0.304. The van der Waals surface area contributed by atoms with Crippen LogP contribution in [-0.4, -0.2) is 52.6 Å².